The van der Waals surface area contributed by atoms with Gasteiger partial charge in [-0.2, -0.15) is 0 Å². The molecule has 1 aliphatic rings. The Hall–Kier alpha value is -0.990. The van der Waals surface area contributed by atoms with E-state index in [4.69, 9.17) is 8.83 Å². The summed E-state index contributed by atoms with van der Waals surface area (Å²) in [5, 5.41) is 0. The van der Waals surface area contributed by atoms with Crippen molar-refractivity contribution in [3.63, 3.8) is 0 Å². The summed E-state index contributed by atoms with van der Waals surface area (Å²) >= 11 is 0. The highest BCUT2D eigenvalue weighted by Crippen LogP contribution is 2.76. The van der Waals surface area contributed by atoms with Gasteiger partial charge in [0, 0.05) is 5.41 Å². The monoisotopic (exact) mass is 238 g/mol. The minimum atomic E-state index is -0.589. The van der Waals surface area contributed by atoms with Crippen molar-refractivity contribution in [1.29, 1.82) is 0 Å². The first-order chi connectivity index (χ1) is 7.56. The molecule has 0 aromatic carbocycles. The van der Waals surface area contributed by atoms with Crippen molar-refractivity contribution in [2.45, 2.75) is 53.9 Å². The van der Waals surface area contributed by atoms with E-state index in [0.29, 0.717) is 11.7 Å². The number of aryl methyl sites for hydroxylation is 1. The number of hydrogen-bond donors (Lipinski definition) is 0. The van der Waals surface area contributed by atoms with Crippen molar-refractivity contribution in [2.24, 2.45) is 16.7 Å². The molecule has 3 unspecified atom stereocenters. The van der Waals surface area contributed by atoms with Gasteiger partial charge in [0.2, 0.25) is 0 Å². The highest BCUT2D eigenvalue weighted by atomic mass is 16.6. The zero-order chi connectivity index (χ0) is 13.2. The maximum absolute atomic E-state index is 11.2. The number of hydrogen-bond acceptors (Lipinski definition) is 3. The average molecular weight is 238 g/mol. The zero-order valence-corrected chi connectivity index (χ0v) is 11.8. The highest BCUT2D eigenvalue weighted by Gasteiger charge is 2.75. The standard InChI is InChI=1S/C14H22O3/c1-8-10(17-11(15)16-8)13(6)9(2)14(13,7)12(3,4)5/h9H,1-7H3. The Morgan fingerprint density at radius 3 is 2.00 bits per heavy atom. The first-order valence-corrected chi connectivity index (χ1v) is 6.18. The summed E-state index contributed by atoms with van der Waals surface area (Å²) < 4.78 is 10.3. The molecule has 1 aromatic heterocycles. The van der Waals surface area contributed by atoms with Crippen LogP contribution in [0.1, 0.15) is 53.1 Å². The molecule has 0 saturated heterocycles. The second-order valence-corrected chi connectivity index (χ2v) is 6.72. The fourth-order valence-electron chi connectivity index (χ4n) is 3.74. The lowest BCUT2D eigenvalue weighted by Crippen LogP contribution is -2.27. The van der Waals surface area contributed by atoms with Gasteiger partial charge >= 0.3 is 5.82 Å². The van der Waals surface area contributed by atoms with Gasteiger partial charge < -0.3 is 8.83 Å². The zero-order valence-electron chi connectivity index (χ0n) is 11.8. The summed E-state index contributed by atoms with van der Waals surface area (Å²) in [6.45, 7) is 15.2. The summed E-state index contributed by atoms with van der Waals surface area (Å²) in [5.41, 5.74) is 0.162. The van der Waals surface area contributed by atoms with Gasteiger partial charge in [0.05, 0.1) is 0 Å². The smallest absolute Gasteiger partial charge is 0.396 e. The summed E-state index contributed by atoms with van der Waals surface area (Å²) in [5.74, 6) is 1.23. The summed E-state index contributed by atoms with van der Waals surface area (Å²) in [6.07, 6.45) is 0. The molecule has 1 saturated carbocycles. The first-order valence-electron chi connectivity index (χ1n) is 6.18. The Morgan fingerprint density at radius 2 is 1.71 bits per heavy atom. The van der Waals surface area contributed by atoms with Crippen LogP contribution >= 0.6 is 0 Å². The van der Waals surface area contributed by atoms with Gasteiger partial charge in [-0.1, -0.05) is 41.5 Å². The van der Waals surface area contributed by atoms with Gasteiger partial charge in [-0.05, 0) is 23.7 Å². The van der Waals surface area contributed by atoms with Crippen LogP contribution in [0.3, 0.4) is 0 Å². The topological polar surface area (TPSA) is 43.4 Å². The van der Waals surface area contributed by atoms with Gasteiger partial charge in [-0.15, -0.1) is 0 Å². The van der Waals surface area contributed by atoms with Gasteiger partial charge in [-0.25, -0.2) is 4.79 Å². The Balaban J connectivity index is 2.55. The second kappa shape index (κ2) is 3.06. The average Bonchev–Trinajstić information content (AvgIpc) is 2.53. The summed E-state index contributed by atoms with van der Waals surface area (Å²) in [4.78, 5) is 11.2. The van der Waals surface area contributed by atoms with Gasteiger partial charge in [-0.3, -0.25) is 0 Å². The fourth-order valence-corrected chi connectivity index (χ4v) is 3.74. The van der Waals surface area contributed by atoms with Crippen LogP contribution in [0, 0.1) is 23.7 Å². The Morgan fingerprint density at radius 1 is 1.18 bits per heavy atom. The van der Waals surface area contributed by atoms with Crippen LogP contribution in [0.4, 0.5) is 0 Å². The number of rotatable bonds is 1. The molecular weight excluding hydrogens is 216 g/mol. The molecule has 3 atom stereocenters. The van der Waals surface area contributed by atoms with Gasteiger partial charge in [0.25, 0.3) is 0 Å². The Bertz CT molecular complexity index is 502. The third-order valence-electron chi connectivity index (χ3n) is 5.50. The van der Waals surface area contributed by atoms with Crippen molar-refractivity contribution < 1.29 is 8.83 Å². The lowest BCUT2D eigenvalue weighted by molar-refractivity contribution is 0.186. The molecule has 1 heterocycles. The van der Waals surface area contributed by atoms with Crippen molar-refractivity contribution in [2.75, 3.05) is 0 Å². The van der Waals surface area contributed by atoms with Crippen molar-refractivity contribution in [3.05, 3.63) is 22.1 Å². The normalized spacial score (nSPS) is 37.2. The van der Waals surface area contributed by atoms with E-state index < -0.39 is 5.82 Å². The third kappa shape index (κ3) is 1.25. The van der Waals surface area contributed by atoms with E-state index in [1.807, 2.05) is 0 Å². The fraction of sp³-hybridized carbons (Fsp3) is 0.786. The Kier molecular flexibility index (Phi) is 2.25. The van der Waals surface area contributed by atoms with Crippen molar-refractivity contribution in [3.8, 4) is 0 Å². The Labute approximate surface area is 102 Å². The highest BCUT2D eigenvalue weighted by molar-refractivity contribution is 5.36. The predicted molar refractivity (Wildman–Crippen MR) is 66.1 cm³/mol. The summed E-state index contributed by atoms with van der Waals surface area (Å²) in [6, 6.07) is 0. The molecule has 0 aliphatic heterocycles. The SMILES string of the molecule is Cc1oc(=O)oc1C1(C)C(C)C1(C)C(C)(C)C. The molecule has 3 nitrogen and oxygen atoms in total. The van der Waals surface area contributed by atoms with E-state index in [-0.39, 0.29) is 16.2 Å². The molecule has 17 heavy (non-hydrogen) atoms. The van der Waals surface area contributed by atoms with Crippen molar-refractivity contribution >= 4 is 0 Å². The van der Waals surface area contributed by atoms with Gasteiger partial charge in [0.1, 0.15) is 5.76 Å². The lowest BCUT2D eigenvalue weighted by Gasteiger charge is -2.31. The molecule has 1 fully saturated rings. The maximum atomic E-state index is 11.2. The minimum absolute atomic E-state index is 0.110. The van der Waals surface area contributed by atoms with E-state index in [2.05, 4.69) is 41.5 Å². The molecule has 2 rings (SSSR count). The van der Waals surface area contributed by atoms with Crippen LogP contribution in [0.15, 0.2) is 13.6 Å². The van der Waals surface area contributed by atoms with Crippen LogP contribution in [-0.4, -0.2) is 0 Å². The quantitative estimate of drug-likeness (QED) is 0.752. The van der Waals surface area contributed by atoms with E-state index in [1.165, 1.54) is 0 Å². The van der Waals surface area contributed by atoms with E-state index in [0.717, 1.165) is 5.76 Å². The molecule has 1 aromatic rings. The predicted octanol–water partition coefficient (Wildman–Crippen LogP) is 3.50. The molecule has 0 spiro atoms. The molecule has 0 radical (unpaired) electrons. The second-order valence-electron chi connectivity index (χ2n) is 6.72. The molecule has 3 heteroatoms. The van der Waals surface area contributed by atoms with Crippen LogP contribution in [0.25, 0.3) is 0 Å². The summed E-state index contributed by atoms with van der Waals surface area (Å²) in [7, 11) is 0. The molecule has 96 valence electrons. The molecule has 0 N–H and O–H groups in total. The molecule has 1 aliphatic carbocycles. The lowest BCUT2D eigenvalue weighted by atomic mass is 9.73. The largest absolute Gasteiger partial charge is 0.519 e. The van der Waals surface area contributed by atoms with Gasteiger partial charge in [0.15, 0.2) is 5.76 Å². The first kappa shape index (κ1) is 12.5. The minimum Gasteiger partial charge on any atom is -0.396 e. The van der Waals surface area contributed by atoms with E-state index in [9.17, 15) is 4.79 Å². The molecule has 0 amide bonds. The van der Waals surface area contributed by atoms with Crippen LogP contribution < -0.4 is 5.82 Å². The van der Waals surface area contributed by atoms with Crippen LogP contribution in [0.2, 0.25) is 0 Å². The van der Waals surface area contributed by atoms with E-state index >= 15 is 0 Å². The van der Waals surface area contributed by atoms with Crippen molar-refractivity contribution in [1.82, 2.24) is 0 Å². The van der Waals surface area contributed by atoms with E-state index in [1.54, 1.807) is 6.92 Å². The van der Waals surface area contributed by atoms with Crippen LogP contribution in [-0.2, 0) is 5.41 Å². The third-order valence-corrected chi connectivity index (χ3v) is 5.50. The van der Waals surface area contributed by atoms with Crippen LogP contribution in [0.5, 0.6) is 0 Å². The maximum Gasteiger partial charge on any atom is 0.519 e. The molecule has 0 bridgehead atoms. The molecular formula is C14H22O3.